The number of piperazine rings is 1. The predicted molar refractivity (Wildman–Crippen MR) is 108 cm³/mol. The van der Waals surface area contributed by atoms with E-state index in [2.05, 4.69) is 11.0 Å². The first kappa shape index (κ1) is 21.2. The number of amides is 1. The highest BCUT2D eigenvalue weighted by molar-refractivity contribution is 7.91. The summed E-state index contributed by atoms with van der Waals surface area (Å²) >= 11 is 1.21. The van der Waals surface area contributed by atoms with Gasteiger partial charge in [-0.3, -0.25) is 9.69 Å². The Hall–Kier alpha value is -1.47. The van der Waals surface area contributed by atoms with Gasteiger partial charge >= 0.3 is 0 Å². The fraction of sp³-hybridized carbons (Fsp3) is 0.684. The van der Waals surface area contributed by atoms with Gasteiger partial charge in [0.15, 0.2) is 0 Å². The zero-order valence-corrected chi connectivity index (χ0v) is 18.1. The third-order valence-corrected chi connectivity index (χ3v) is 8.84. The van der Waals surface area contributed by atoms with Crippen LogP contribution in [0.2, 0.25) is 0 Å². The Morgan fingerprint density at radius 2 is 1.96 bits per heavy atom. The van der Waals surface area contributed by atoms with Gasteiger partial charge in [-0.15, -0.1) is 11.3 Å². The molecule has 3 heterocycles. The molecule has 2 unspecified atom stereocenters. The first-order valence-electron chi connectivity index (χ1n) is 9.80. The number of sulfonamides is 1. The standard InChI is InChI=1S/C19H28N4O3S2/c1-15(2)17(13-20)21-8-10-22(11-9-21)19(24)16-5-3-7-23(14-16)28(25,26)18-6-4-12-27-18/h4,6,12,15-17H,3,5,7-11,14H2,1-2H3. The van der Waals surface area contributed by atoms with Crippen LogP contribution >= 0.6 is 11.3 Å². The van der Waals surface area contributed by atoms with Crippen LogP contribution in [0, 0.1) is 23.2 Å². The van der Waals surface area contributed by atoms with E-state index in [1.54, 1.807) is 17.5 Å². The molecule has 0 N–H and O–H groups in total. The van der Waals surface area contributed by atoms with Crippen molar-refractivity contribution in [1.29, 1.82) is 5.26 Å². The lowest BCUT2D eigenvalue weighted by atomic mass is 9.97. The van der Waals surface area contributed by atoms with Crippen molar-refractivity contribution in [1.82, 2.24) is 14.1 Å². The maximum Gasteiger partial charge on any atom is 0.252 e. The SMILES string of the molecule is CC(C)C(C#N)N1CCN(C(=O)C2CCCN(S(=O)(=O)c3cccs3)C2)CC1. The quantitative estimate of drug-likeness (QED) is 0.720. The summed E-state index contributed by atoms with van der Waals surface area (Å²) in [7, 11) is -3.51. The number of hydrogen-bond donors (Lipinski definition) is 0. The summed E-state index contributed by atoms with van der Waals surface area (Å²) in [4.78, 5) is 17.0. The summed E-state index contributed by atoms with van der Waals surface area (Å²) in [6, 6.07) is 5.59. The van der Waals surface area contributed by atoms with Crippen LogP contribution in [-0.2, 0) is 14.8 Å². The molecule has 0 aromatic carbocycles. The molecule has 7 nitrogen and oxygen atoms in total. The molecular formula is C19H28N4O3S2. The topological polar surface area (TPSA) is 84.7 Å². The summed E-state index contributed by atoms with van der Waals surface area (Å²) in [6.07, 6.45) is 1.42. The van der Waals surface area contributed by atoms with Gasteiger partial charge in [0.05, 0.1) is 12.0 Å². The van der Waals surface area contributed by atoms with Crippen LogP contribution in [0.1, 0.15) is 26.7 Å². The Morgan fingerprint density at radius 3 is 2.54 bits per heavy atom. The molecule has 2 fully saturated rings. The van der Waals surface area contributed by atoms with Crippen molar-refractivity contribution >= 4 is 27.3 Å². The smallest absolute Gasteiger partial charge is 0.252 e. The molecule has 2 atom stereocenters. The Bertz CT molecular complexity index is 809. The molecule has 2 saturated heterocycles. The molecule has 2 aliphatic rings. The van der Waals surface area contributed by atoms with Gasteiger partial charge < -0.3 is 4.90 Å². The molecular weight excluding hydrogens is 396 g/mol. The maximum absolute atomic E-state index is 13.0. The first-order chi connectivity index (χ1) is 13.3. The summed E-state index contributed by atoms with van der Waals surface area (Å²) in [5.74, 6) is 0.0114. The second-order valence-electron chi connectivity index (χ2n) is 7.81. The second-order valence-corrected chi connectivity index (χ2v) is 10.9. The van der Waals surface area contributed by atoms with Crippen molar-refractivity contribution < 1.29 is 13.2 Å². The lowest BCUT2D eigenvalue weighted by Gasteiger charge is -2.40. The largest absolute Gasteiger partial charge is 0.340 e. The summed E-state index contributed by atoms with van der Waals surface area (Å²) in [5.41, 5.74) is 0. The Balaban J connectivity index is 1.60. The van der Waals surface area contributed by atoms with E-state index in [1.807, 2.05) is 18.7 Å². The fourth-order valence-corrected chi connectivity index (χ4v) is 6.70. The van der Waals surface area contributed by atoms with Crippen molar-refractivity contribution in [2.75, 3.05) is 39.3 Å². The summed E-state index contributed by atoms with van der Waals surface area (Å²) in [6.45, 7) is 7.36. The molecule has 0 spiro atoms. The van der Waals surface area contributed by atoms with E-state index < -0.39 is 10.0 Å². The van der Waals surface area contributed by atoms with Gasteiger partial charge in [-0.05, 0) is 30.2 Å². The molecule has 154 valence electrons. The van der Waals surface area contributed by atoms with Crippen molar-refractivity contribution in [2.45, 2.75) is 36.9 Å². The highest BCUT2D eigenvalue weighted by Gasteiger charge is 2.36. The second kappa shape index (κ2) is 8.91. The monoisotopic (exact) mass is 424 g/mol. The minimum atomic E-state index is -3.51. The molecule has 1 aromatic rings. The maximum atomic E-state index is 13.0. The lowest BCUT2D eigenvalue weighted by molar-refractivity contribution is -0.138. The van der Waals surface area contributed by atoms with E-state index in [9.17, 15) is 18.5 Å². The van der Waals surface area contributed by atoms with Gasteiger partial charge in [0.1, 0.15) is 10.3 Å². The van der Waals surface area contributed by atoms with E-state index in [0.29, 0.717) is 43.4 Å². The molecule has 0 aliphatic carbocycles. The van der Waals surface area contributed by atoms with Crippen LogP contribution < -0.4 is 0 Å². The number of carbonyl (C=O) groups is 1. The van der Waals surface area contributed by atoms with Crippen LogP contribution in [0.5, 0.6) is 0 Å². The number of hydrogen-bond acceptors (Lipinski definition) is 6. The molecule has 3 rings (SSSR count). The zero-order valence-electron chi connectivity index (χ0n) is 16.5. The molecule has 9 heteroatoms. The number of nitriles is 1. The van der Waals surface area contributed by atoms with Crippen molar-refractivity contribution in [3.8, 4) is 6.07 Å². The molecule has 0 saturated carbocycles. The summed E-state index contributed by atoms with van der Waals surface area (Å²) < 4.78 is 27.4. The van der Waals surface area contributed by atoms with Crippen LogP contribution in [0.4, 0.5) is 0 Å². The van der Waals surface area contributed by atoms with Crippen molar-refractivity contribution in [2.24, 2.45) is 11.8 Å². The molecule has 1 aromatic heterocycles. The summed E-state index contributed by atoms with van der Waals surface area (Å²) in [5, 5.41) is 11.1. The number of piperidine rings is 1. The normalized spacial score (nSPS) is 23.5. The van der Waals surface area contributed by atoms with E-state index in [-0.39, 0.29) is 30.3 Å². The molecule has 1 amide bonds. The predicted octanol–water partition coefficient (Wildman–Crippen LogP) is 1.84. The van der Waals surface area contributed by atoms with Gasteiger partial charge in [0.2, 0.25) is 5.91 Å². The minimum Gasteiger partial charge on any atom is -0.340 e. The van der Waals surface area contributed by atoms with Crippen molar-refractivity contribution in [3.05, 3.63) is 17.5 Å². The average Bonchev–Trinajstić information content (AvgIpc) is 3.24. The zero-order chi connectivity index (χ0) is 20.3. The number of nitrogens with zero attached hydrogens (tertiary/aromatic N) is 4. The van der Waals surface area contributed by atoms with Gasteiger partial charge in [-0.25, -0.2) is 8.42 Å². The Labute approximate surface area is 171 Å². The van der Waals surface area contributed by atoms with Crippen LogP contribution in [0.3, 0.4) is 0 Å². The van der Waals surface area contributed by atoms with E-state index in [1.165, 1.54) is 15.6 Å². The van der Waals surface area contributed by atoms with Gasteiger partial charge in [-0.2, -0.15) is 9.57 Å². The van der Waals surface area contributed by atoms with Crippen molar-refractivity contribution in [3.63, 3.8) is 0 Å². The fourth-order valence-electron chi connectivity index (χ4n) is 4.03. The Kier molecular flexibility index (Phi) is 6.76. The minimum absolute atomic E-state index is 0.0452. The van der Waals surface area contributed by atoms with Crippen LogP contribution in [-0.4, -0.2) is 73.7 Å². The third-order valence-electron chi connectivity index (χ3n) is 5.61. The lowest BCUT2D eigenvalue weighted by Crippen LogP contribution is -2.55. The molecule has 2 aliphatic heterocycles. The average molecular weight is 425 g/mol. The van der Waals surface area contributed by atoms with Gasteiger partial charge in [-0.1, -0.05) is 19.9 Å². The molecule has 0 bridgehead atoms. The first-order valence-corrected chi connectivity index (χ1v) is 12.1. The number of carbonyl (C=O) groups excluding carboxylic acids is 1. The van der Waals surface area contributed by atoms with Gasteiger partial charge in [0, 0.05) is 39.3 Å². The molecule has 28 heavy (non-hydrogen) atoms. The Morgan fingerprint density at radius 1 is 1.25 bits per heavy atom. The molecule has 0 radical (unpaired) electrons. The van der Waals surface area contributed by atoms with E-state index in [4.69, 9.17) is 0 Å². The third kappa shape index (κ3) is 4.40. The van der Waals surface area contributed by atoms with Gasteiger partial charge in [0.25, 0.3) is 10.0 Å². The number of thiophene rings is 1. The van der Waals surface area contributed by atoms with E-state index >= 15 is 0 Å². The number of rotatable bonds is 5. The van der Waals surface area contributed by atoms with E-state index in [0.717, 1.165) is 6.42 Å². The highest BCUT2D eigenvalue weighted by Crippen LogP contribution is 2.27. The highest BCUT2D eigenvalue weighted by atomic mass is 32.2. The van der Waals surface area contributed by atoms with Crippen LogP contribution in [0.15, 0.2) is 21.7 Å². The van der Waals surface area contributed by atoms with Crippen LogP contribution in [0.25, 0.3) is 0 Å².